The first kappa shape index (κ1) is 14.9. The summed E-state index contributed by atoms with van der Waals surface area (Å²) in [6, 6.07) is 6.35. The second kappa shape index (κ2) is 6.11. The fourth-order valence-corrected chi connectivity index (χ4v) is 1.87. The van der Waals surface area contributed by atoms with Gasteiger partial charge in [0.05, 0.1) is 11.7 Å². The van der Waals surface area contributed by atoms with Gasteiger partial charge in [0.1, 0.15) is 6.23 Å². The van der Waals surface area contributed by atoms with Gasteiger partial charge in [0.15, 0.2) is 0 Å². The van der Waals surface area contributed by atoms with E-state index < -0.39 is 19.8 Å². The number of rotatable bonds is 5. The van der Waals surface area contributed by atoms with Crippen LogP contribution in [0.5, 0.6) is 0 Å². The lowest BCUT2D eigenvalue weighted by Gasteiger charge is -2.08. The van der Waals surface area contributed by atoms with E-state index in [1.807, 2.05) is 0 Å². The second-order valence-corrected chi connectivity index (χ2v) is 5.72. The number of nitrogens with two attached hydrogens (primary N) is 1. The van der Waals surface area contributed by atoms with Gasteiger partial charge < -0.3 is 14.5 Å². The minimum absolute atomic E-state index is 0.212. The minimum atomic E-state index is -3.99. The van der Waals surface area contributed by atoms with Gasteiger partial charge in [-0.25, -0.2) is 4.79 Å². The van der Waals surface area contributed by atoms with Crippen LogP contribution in [0.15, 0.2) is 24.3 Å². The van der Waals surface area contributed by atoms with E-state index in [1.165, 1.54) is 0 Å². The number of esters is 1. The maximum atomic E-state index is 11.5. The van der Waals surface area contributed by atoms with Gasteiger partial charge in [-0.15, -0.1) is 0 Å². The summed E-state index contributed by atoms with van der Waals surface area (Å²) in [5, 5.41) is 0. The molecule has 0 radical (unpaired) electrons. The van der Waals surface area contributed by atoms with Gasteiger partial charge in [-0.1, -0.05) is 12.1 Å². The van der Waals surface area contributed by atoms with Crippen LogP contribution < -0.4 is 5.73 Å². The molecule has 0 amide bonds. The van der Waals surface area contributed by atoms with Crippen LogP contribution in [0.25, 0.3) is 0 Å². The zero-order chi connectivity index (χ0) is 13.8. The topological polar surface area (TPSA) is 110 Å². The number of benzene rings is 1. The maximum Gasteiger partial charge on any atom is 0.339 e. The zero-order valence-electron chi connectivity index (χ0n) is 9.94. The van der Waals surface area contributed by atoms with Gasteiger partial charge >= 0.3 is 13.6 Å². The van der Waals surface area contributed by atoms with Crippen LogP contribution in [0, 0.1) is 0 Å². The molecular formula is C11H16NO5P. The van der Waals surface area contributed by atoms with Crippen LogP contribution in [0.1, 0.15) is 22.8 Å². The average molecular weight is 273 g/mol. The van der Waals surface area contributed by atoms with Gasteiger partial charge in [0, 0.05) is 0 Å². The number of ether oxygens (including phenoxy) is 1. The molecule has 1 unspecified atom stereocenters. The molecule has 0 bridgehead atoms. The zero-order valence-corrected chi connectivity index (χ0v) is 10.8. The van der Waals surface area contributed by atoms with Crippen molar-refractivity contribution in [2.45, 2.75) is 19.6 Å². The van der Waals surface area contributed by atoms with Crippen LogP contribution >= 0.6 is 7.60 Å². The molecule has 7 heteroatoms. The Hall–Kier alpha value is -1.20. The van der Waals surface area contributed by atoms with Crippen LogP contribution in [-0.2, 0) is 15.7 Å². The number of hydrogen-bond donors (Lipinski definition) is 3. The third kappa shape index (κ3) is 5.42. The standard InChI is InChI=1S/C11H16NO5P/c1-8(12)17-11(13)10-4-2-9(3-5-10)6-7-18(14,15)16/h2-5,8H,6-7,12H2,1H3,(H2,14,15,16). The van der Waals surface area contributed by atoms with Crippen molar-refractivity contribution >= 4 is 13.6 Å². The lowest BCUT2D eigenvalue weighted by molar-refractivity contribution is 0.0355. The Morgan fingerprint density at radius 1 is 1.39 bits per heavy atom. The maximum absolute atomic E-state index is 11.5. The summed E-state index contributed by atoms with van der Waals surface area (Å²) in [7, 11) is -3.99. The predicted molar refractivity (Wildman–Crippen MR) is 66.1 cm³/mol. The van der Waals surface area contributed by atoms with E-state index in [9.17, 15) is 9.36 Å². The Labute approximate surface area is 105 Å². The van der Waals surface area contributed by atoms with Crippen molar-refractivity contribution in [3.05, 3.63) is 35.4 Å². The van der Waals surface area contributed by atoms with Crippen LogP contribution in [0.4, 0.5) is 0 Å². The molecule has 1 aromatic rings. The molecule has 0 aliphatic carbocycles. The van der Waals surface area contributed by atoms with Crippen molar-refractivity contribution in [3.8, 4) is 0 Å². The highest BCUT2D eigenvalue weighted by Gasteiger charge is 2.13. The Balaban J connectivity index is 2.63. The third-order valence-corrected chi connectivity index (χ3v) is 2.98. The molecule has 18 heavy (non-hydrogen) atoms. The summed E-state index contributed by atoms with van der Waals surface area (Å²) in [4.78, 5) is 28.9. The Morgan fingerprint density at radius 3 is 2.39 bits per heavy atom. The molecule has 0 aromatic heterocycles. The van der Waals surface area contributed by atoms with Crippen LogP contribution in [0.2, 0.25) is 0 Å². The van der Waals surface area contributed by atoms with Crippen molar-refractivity contribution in [3.63, 3.8) is 0 Å². The summed E-state index contributed by atoms with van der Waals surface area (Å²) in [5.41, 5.74) is 6.43. The van der Waals surface area contributed by atoms with Crippen molar-refractivity contribution in [2.24, 2.45) is 5.73 Å². The molecule has 0 heterocycles. The van der Waals surface area contributed by atoms with Gasteiger partial charge in [-0.05, 0) is 31.0 Å². The molecule has 0 aliphatic heterocycles. The van der Waals surface area contributed by atoms with E-state index in [2.05, 4.69) is 0 Å². The molecule has 0 spiro atoms. The molecule has 1 rings (SSSR count). The summed E-state index contributed by atoms with van der Waals surface area (Å²) < 4.78 is 15.5. The average Bonchev–Trinajstić information content (AvgIpc) is 2.25. The lowest BCUT2D eigenvalue weighted by Crippen LogP contribution is -2.23. The lowest BCUT2D eigenvalue weighted by atomic mass is 10.1. The Morgan fingerprint density at radius 2 is 1.94 bits per heavy atom. The molecule has 4 N–H and O–H groups in total. The van der Waals surface area contributed by atoms with Gasteiger partial charge in [0.2, 0.25) is 0 Å². The molecule has 0 saturated carbocycles. The Kier molecular flexibility index (Phi) is 5.04. The highest BCUT2D eigenvalue weighted by atomic mass is 31.2. The number of hydrogen-bond acceptors (Lipinski definition) is 4. The van der Waals surface area contributed by atoms with E-state index >= 15 is 0 Å². The monoisotopic (exact) mass is 273 g/mol. The van der Waals surface area contributed by atoms with E-state index in [0.717, 1.165) is 5.56 Å². The van der Waals surface area contributed by atoms with Gasteiger partial charge in [-0.3, -0.25) is 10.3 Å². The summed E-state index contributed by atoms with van der Waals surface area (Å²) in [5.74, 6) is -0.522. The first-order valence-electron chi connectivity index (χ1n) is 5.38. The van der Waals surface area contributed by atoms with Gasteiger partial charge in [-0.2, -0.15) is 0 Å². The number of carbonyl (C=O) groups is 1. The van der Waals surface area contributed by atoms with Crippen LogP contribution in [0.3, 0.4) is 0 Å². The van der Waals surface area contributed by atoms with Crippen LogP contribution in [-0.4, -0.2) is 28.1 Å². The van der Waals surface area contributed by atoms with Crippen molar-refractivity contribution < 1.29 is 23.9 Å². The first-order valence-corrected chi connectivity index (χ1v) is 7.18. The molecule has 100 valence electrons. The minimum Gasteiger partial charge on any atom is -0.444 e. The normalized spacial score (nSPS) is 13.1. The third-order valence-electron chi connectivity index (χ3n) is 2.17. The molecule has 1 aromatic carbocycles. The summed E-state index contributed by atoms with van der Waals surface area (Å²) in [6.45, 7) is 1.55. The van der Waals surface area contributed by atoms with Crippen molar-refractivity contribution in [2.75, 3.05) is 6.16 Å². The molecule has 6 nitrogen and oxygen atoms in total. The number of aryl methyl sites for hydroxylation is 1. The van der Waals surface area contributed by atoms with E-state index in [0.29, 0.717) is 5.56 Å². The molecule has 0 aliphatic rings. The Bertz CT molecular complexity index is 451. The highest BCUT2D eigenvalue weighted by Crippen LogP contribution is 2.34. The molecule has 0 saturated heterocycles. The molecular weight excluding hydrogens is 257 g/mol. The van der Waals surface area contributed by atoms with E-state index in [4.69, 9.17) is 20.3 Å². The summed E-state index contributed by atoms with van der Waals surface area (Å²) >= 11 is 0. The molecule has 1 atom stereocenters. The van der Waals surface area contributed by atoms with Crippen molar-refractivity contribution in [1.82, 2.24) is 0 Å². The SMILES string of the molecule is CC(N)OC(=O)c1ccc(CCP(=O)(O)O)cc1. The fourth-order valence-electron chi connectivity index (χ4n) is 1.32. The second-order valence-electron chi connectivity index (χ2n) is 3.95. The number of carbonyl (C=O) groups excluding carboxylic acids is 1. The summed E-state index contributed by atoms with van der Waals surface area (Å²) in [6.07, 6.45) is -0.629. The fraction of sp³-hybridized carbons (Fsp3) is 0.364. The highest BCUT2D eigenvalue weighted by molar-refractivity contribution is 7.51. The predicted octanol–water partition coefficient (Wildman–Crippen LogP) is 0.868. The van der Waals surface area contributed by atoms with E-state index in [-0.39, 0.29) is 12.6 Å². The quantitative estimate of drug-likeness (QED) is 0.417. The smallest absolute Gasteiger partial charge is 0.339 e. The first-order chi connectivity index (χ1) is 8.28. The molecule has 0 fully saturated rings. The van der Waals surface area contributed by atoms with Crippen molar-refractivity contribution in [1.29, 1.82) is 0 Å². The van der Waals surface area contributed by atoms with Gasteiger partial charge in [0.25, 0.3) is 0 Å². The largest absolute Gasteiger partial charge is 0.444 e. The van der Waals surface area contributed by atoms with E-state index in [1.54, 1.807) is 31.2 Å².